The number of nitrogens with one attached hydrogen (secondary N) is 1. The van der Waals surface area contributed by atoms with E-state index in [1.54, 1.807) is 52.0 Å². The molecule has 0 saturated heterocycles. The second-order valence-electron chi connectivity index (χ2n) is 8.79. The Morgan fingerprint density at radius 3 is 2.06 bits per heavy atom. The second-order valence-corrected chi connectivity index (χ2v) is 10.5. The summed E-state index contributed by atoms with van der Waals surface area (Å²) in [6, 6.07) is 9.47. The van der Waals surface area contributed by atoms with Crippen LogP contribution in [0.3, 0.4) is 0 Å². The molecular formula is C24H32N2O7S. The third-order valence-corrected chi connectivity index (χ3v) is 6.57. The Bertz CT molecular complexity index is 1130. The van der Waals surface area contributed by atoms with Crippen molar-refractivity contribution in [1.82, 2.24) is 9.62 Å². The number of carbonyl (C=O) groups is 2. The number of rotatable bonds is 9. The summed E-state index contributed by atoms with van der Waals surface area (Å²) in [7, 11) is 0.387. The Labute approximate surface area is 201 Å². The van der Waals surface area contributed by atoms with Crippen LogP contribution in [0, 0.1) is 6.92 Å². The van der Waals surface area contributed by atoms with Gasteiger partial charge in [-0.15, -0.1) is 0 Å². The Hall–Kier alpha value is -3.11. The summed E-state index contributed by atoms with van der Waals surface area (Å²) in [4.78, 5) is 26.9. The number of amides is 1. The molecule has 0 saturated carbocycles. The predicted octanol–water partition coefficient (Wildman–Crippen LogP) is 2.90. The van der Waals surface area contributed by atoms with Crippen LogP contribution in [-0.2, 0) is 26.1 Å². The molecule has 0 aliphatic rings. The van der Waals surface area contributed by atoms with Crippen molar-refractivity contribution >= 4 is 21.9 Å². The van der Waals surface area contributed by atoms with Gasteiger partial charge in [-0.2, -0.15) is 0 Å². The molecule has 0 bridgehead atoms. The lowest BCUT2D eigenvalue weighted by Gasteiger charge is -2.24. The fraction of sp³-hybridized carbons (Fsp3) is 0.417. The number of sulfonamides is 1. The maximum Gasteiger partial charge on any atom is 0.325 e. The van der Waals surface area contributed by atoms with Crippen molar-refractivity contribution in [3.63, 3.8) is 0 Å². The van der Waals surface area contributed by atoms with Gasteiger partial charge in [0, 0.05) is 23.7 Å². The van der Waals surface area contributed by atoms with Crippen LogP contribution >= 0.6 is 0 Å². The quantitative estimate of drug-likeness (QED) is 0.536. The van der Waals surface area contributed by atoms with Gasteiger partial charge in [-0.25, -0.2) is 13.1 Å². The zero-order chi connectivity index (χ0) is 25.7. The van der Waals surface area contributed by atoms with Gasteiger partial charge < -0.3 is 19.1 Å². The van der Waals surface area contributed by atoms with Crippen molar-refractivity contribution in [2.24, 2.45) is 0 Å². The molecule has 0 atom stereocenters. The van der Waals surface area contributed by atoms with Gasteiger partial charge in [0.1, 0.15) is 18.0 Å². The number of ether oxygens (including phenoxy) is 3. The summed E-state index contributed by atoms with van der Waals surface area (Å²) in [6.45, 7) is 6.59. The van der Waals surface area contributed by atoms with Crippen LogP contribution in [0.25, 0.3) is 0 Å². The number of nitrogens with zero attached hydrogens (tertiary/aromatic N) is 1. The lowest BCUT2D eigenvalue weighted by molar-refractivity contribution is -0.141. The van der Waals surface area contributed by atoms with Crippen LogP contribution < -0.4 is 14.2 Å². The summed E-state index contributed by atoms with van der Waals surface area (Å²) >= 11 is 0. The molecule has 0 radical (unpaired) electrons. The van der Waals surface area contributed by atoms with Gasteiger partial charge in [-0.3, -0.25) is 9.59 Å². The van der Waals surface area contributed by atoms with Crippen molar-refractivity contribution in [2.45, 2.75) is 44.7 Å². The monoisotopic (exact) mass is 492 g/mol. The zero-order valence-electron chi connectivity index (χ0n) is 20.6. The minimum atomic E-state index is -3.87. The van der Waals surface area contributed by atoms with Crippen molar-refractivity contribution in [1.29, 1.82) is 0 Å². The molecule has 0 unspecified atom stereocenters. The van der Waals surface area contributed by atoms with Gasteiger partial charge in [-0.1, -0.05) is 6.07 Å². The minimum Gasteiger partial charge on any atom is -0.497 e. The molecule has 2 rings (SSSR count). The van der Waals surface area contributed by atoms with Gasteiger partial charge in [0.2, 0.25) is 10.0 Å². The van der Waals surface area contributed by atoms with Crippen molar-refractivity contribution in [2.75, 3.05) is 27.9 Å². The molecule has 2 aromatic carbocycles. The molecule has 9 nitrogen and oxygen atoms in total. The maximum absolute atomic E-state index is 13.5. The largest absolute Gasteiger partial charge is 0.497 e. The number of esters is 1. The first-order valence-electron chi connectivity index (χ1n) is 10.5. The third-order valence-electron chi connectivity index (χ3n) is 4.81. The molecule has 0 aromatic heterocycles. The van der Waals surface area contributed by atoms with Crippen LogP contribution in [0.5, 0.6) is 11.5 Å². The van der Waals surface area contributed by atoms with Gasteiger partial charge in [0.15, 0.2) is 0 Å². The maximum atomic E-state index is 13.5. The molecule has 1 N–H and O–H groups in total. The summed E-state index contributed by atoms with van der Waals surface area (Å²) in [5.41, 5.74) is 0.689. The molecular weight excluding hydrogens is 460 g/mol. The van der Waals surface area contributed by atoms with E-state index in [1.165, 1.54) is 38.4 Å². The number of hydrogen-bond donors (Lipinski definition) is 1. The summed E-state index contributed by atoms with van der Waals surface area (Å²) in [5.74, 6) is -0.0776. The minimum absolute atomic E-state index is 0.0398. The van der Waals surface area contributed by atoms with E-state index < -0.39 is 27.4 Å². The van der Waals surface area contributed by atoms with Crippen molar-refractivity contribution in [3.05, 3.63) is 53.1 Å². The van der Waals surface area contributed by atoms with Crippen molar-refractivity contribution in [3.8, 4) is 11.5 Å². The summed E-state index contributed by atoms with van der Waals surface area (Å²) < 4.78 is 43.6. The molecule has 2 aromatic rings. The summed E-state index contributed by atoms with van der Waals surface area (Å²) in [5, 5.41) is 0. The molecule has 0 heterocycles. The standard InChI is InChI=1S/C24H32N2O7S/c1-16-8-9-20(34(29,30)25-24(2,3)4)13-21(16)23(28)26(15-22(27)33-7)14-17-10-18(31-5)12-19(11-17)32-6/h8-13,25H,14-15H2,1-7H3. The lowest BCUT2D eigenvalue weighted by atomic mass is 10.1. The van der Waals surface area contributed by atoms with Crippen LogP contribution in [0.4, 0.5) is 0 Å². The van der Waals surface area contributed by atoms with Crippen molar-refractivity contribution < 1.29 is 32.2 Å². The highest BCUT2D eigenvalue weighted by Gasteiger charge is 2.26. The van der Waals surface area contributed by atoms with Crippen LogP contribution in [0.1, 0.15) is 42.3 Å². The average molecular weight is 493 g/mol. The average Bonchev–Trinajstić information content (AvgIpc) is 2.76. The van der Waals surface area contributed by atoms with Gasteiger partial charge in [-0.05, 0) is 63.1 Å². The first-order chi connectivity index (χ1) is 15.8. The first-order valence-corrected chi connectivity index (χ1v) is 12.0. The smallest absolute Gasteiger partial charge is 0.325 e. The molecule has 34 heavy (non-hydrogen) atoms. The van der Waals surface area contributed by atoms with Crippen LogP contribution in [0.15, 0.2) is 41.3 Å². The first kappa shape index (κ1) is 27.1. The highest BCUT2D eigenvalue weighted by Crippen LogP contribution is 2.25. The highest BCUT2D eigenvalue weighted by atomic mass is 32.2. The van der Waals surface area contributed by atoms with E-state index in [1.807, 2.05) is 0 Å². The fourth-order valence-corrected chi connectivity index (χ4v) is 4.67. The lowest BCUT2D eigenvalue weighted by Crippen LogP contribution is -2.40. The number of benzene rings is 2. The molecule has 0 spiro atoms. The SMILES string of the molecule is COC(=O)CN(Cc1cc(OC)cc(OC)c1)C(=O)c1cc(S(=O)(=O)NC(C)(C)C)ccc1C. The molecule has 1 amide bonds. The molecule has 186 valence electrons. The van der Waals surface area contributed by atoms with Crippen LogP contribution in [-0.4, -0.2) is 58.6 Å². The number of methoxy groups -OCH3 is 3. The fourth-order valence-electron chi connectivity index (χ4n) is 3.23. The molecule has 10 heteroatoms. The van der Waals surface area contributed by atoms with E-state index >= 15 is 0 Å². The molecule has 0 aliphatic heterocycles. The van der Waals surface area contributed by atoms with E-state index in [9.17, 15) is 18.0 Å². The predicted molar refractivity (Wildman–Crippen MR) is 128 cm³/mol. The third kappa shape index (κ3) is 7.19. The van der Waals surface area contributed by atoms with Crippen LogP contribution in [0.2, 0.25) is 0 Å². The normalized spacial score (nSPS) is 11.6. The van der Waals surface area contributed by atoms with Gasteiger partial charge >= 0.3 is 5.97 Å². The Morgan fingerprint density at radius 2 is 1.56 bits per heavy atom. The number of hydrogen-bond acceptors (Lipinski definition) is 7. The molecule has 0 fully saturated rings. The van der Waals surface area contributed by atoms with Gasteiger partial charge in [0.25, 0.3) is 5.91 Å². The number of carbonyl (C=O) groups excluding carboxylic acids is 2. The van der Waals surface area contributed by atoms with Gasteiger partial charge in [0.05, 0.1) is 26.2 Å². The van der Waals surface area contributed by atoms with E-state index in [0.29, 0.717) is 22.6 Å². The van der Waals surface area contributed by atoms with E-state index in [4.69, 9.17) is 14.2 Å². The Balaban J connectivity index is 2.49. The van der Waals surface area contributed by atoms with E-state index in [0.717, 1.165) is 0 Å². The topological polar surface area (TPSA) is 111 Å². The Kier molecular flexibility index (Phi) is 8.68. The summed E-state index contributed by atoms with van der Waals surface area (Å²) in [6.07, 6.45) is 0. The van der Waals surface area contributed by atoms with E-state index in [2.05, 4.69) is 4.72 Å². The zero-order valence-corrected chi connectivity index (χ0v) is 21.4. The second kappa shape index (κ2) is 10.9. The highest BCUT2D eigenvalue weighted by molar-refractivity contribution is 7.89. The number of aryl methyl sites for hydroxylation is 1. The van der Waals surface area contributed by atoms with E-state index in [-0.39, 0.29) is 23.5 Å². The Morgan fingerprint density at radius 1 is 0.971 bits per heavy atom. The molecule has 0 aliphatic carbocycles.